The first-order valence-electron chi connectivity index (χ1n) is 6.90. The topological polar surface area (TPSA) is 3.24 Å². The average Bonchev–Trinajstić information content (AvgIpc) is 2.46. The van der Waals surface area contributed by atoms with E-state index in [4.69, 9.17) is 11.6 Å². The summed E-state index contributed by atoms with van der Waals surface area (Å²) in [6, 6.07) is 12.9. The highest BCUT2D eigenvalue weighted by atomic mass is 79.9. The predicted octanol–water partition coefficient (Wildman–Crippen LogP) is 5.63. The van der Waals surface area contributed by atoms with Crippen LogP contribution in [-0.2, 0) is 11.8 Å². The fraction of sp³-hybridized carbons (Fsp3) is 0.294. The van der Waals surface area contributed by atoms with Gasteiger partial charge in [-0.05, 0) is 49.1 Å². The van der Waals surface area contributed by atoms with Crippen LogP contribution in [0.4, 0.5) is 11.4 Å². The molecule has 104 valence electrons. The summed E-state index contributed by atoms with van der Waals surface area (Å²) >= 11 is 9.78. The summed E-state index contributed by atoms with van der Waals surface area (Å²) in [6.07, 6.45) is 2.35. The molecule has 0 aliphatic carbocycles. The molecule has 3 rings (SSSR count). The number of halogens is 2. The van der Waals surface area contributed by atoms with Crippen LogP contribution < -0.4 is 4.90 Å². The van der Waals surface area contributed by atoms with Crippen LogP contribution in [0.15, 0.2) is 36.4 Å². The van der Waals surface area contributed by atoms with Gasteiger partial charge in [-0.1, -0.05) is 51.3 Å². The zero-order valence-corrected chi connectivity index (χ0v) is 13.8. The second-order valence-corrected chi connectivity index (χ2v) is 6.29. The highest BCUT2D eigenvalue weighted by Gasteiger charge is 2.20. The predicted molar refractivity (Wildman–Crippen MR) is 90.6 cm³/mol. The van der Waals surface area contributed by atoms with Crippen LogP contribution in [0.2, 0.25) is 5.02 Å². The second-order valence-electron chi connectivity index (χ2n) is 5.29. The number of alkyl halides is 1. The fourth-order valence-corrected chi connectivity index (χ4v) is 3.52. The van der Waals surface area contributed by atoms with Crippen molar-refractivity contribution in [1.29, 1.82) is 0 Å². The fourth-order valence-electron chi connectivity index (χ4n) is 2.88. The van der Waals surface area contributed by atoms with Gasteiger partial charge in [-0.3, -0.25) is 0 Å². The second kappa shape index (κ2) is 5.79. The Kier molecular flexibility index (Phi) is 4.04. The maximum atomic E-state index is 6.20. The van der Waals surface area contributed by atoms with E-state index in [-0.39, 0.29) is 0 Å². The number of hydrogen-bond acceptors (Lipinski definition) is 1. The van der Waals surface area contributed by atoms with Crippen LogP contribution in [0.3, 0.4) is 0 Å². The van der Waals surface area contributed by atoms with E-state index in [1.54, 1.807) is 0 Å². The summed E-state index contributed by atoms with van der Waals surface area (Å²) in [5, 5.41) is 1.64. The molecule has 0 aromatic heterocycles. The van der Waals surface area contributed by atoms with Crippen LogP contribution in [-0.4, -0.2) is 6.54 Å². The molecule has 1 heterocycles. The van der Waals surface area contributed by atoms with Crippen molar-refractivity contribution in [3.05, 3.63) is 58.1 Å². The minimum Gasteiger partial charge on any atom is -0.341 e. The Morgan fingerprint density at radius 3 is 2.80 bits per heavy atom. The third-order valence-corrected chi connectivity index (χ3v) is 4.67. The van der Waals surface area contributed by atoms with Crippen molar-refractivity contribution < 1.29 is 0 Å². The molecule has 2 aromatic rings. The SMILES string of the molecule is Cc1ccc2c(c1)CCCN2c1cc(Cl)ccc1CBr. The number of aryl methyl sites for hydroxylation is 2. The Balaban J connectivity index is 2.11. The average molecular weight is 351 g/mol. The third kappa shape index (κ3) is 2.59. The van der Waals surface area contributed by atoms with E-state index in [1.165, 1.54) is 34.5 Å². The normalized spacial score (nSPS) is 14.2. The maximum Gasteiger partial charge on any atom is 0.0466 e. The van der Waals surface area contributed by atoms with E-state index in [2.05, 4.69) is 58.1 Å². The van der Waals surface area contributed by atoms with Crippen molar-refractivity contribution in [2.75, 3.05) is 11.4 Å². The summed E-state index contributed by atoms with van der Waals surface area (Å²) in [5.74, 6) is 0. The van der Waals surface area contributed by atoms with Crippen molar-refractivity contribution in [3.63, 3.8) is 0 Å². The van der Waals surface area contributed by atoms with Crippen molar-refractivity contribution >= 4 is 38.9 Å². The number of benzene rings is 2. The van der Waals surface area contributed by atoms with Crippen molar-refractivity contribution in [2.24, 2.45) is 0 Å². The summed E-state index contributed by atoms with van der Waals surface area (Å²) in [6.45, 7) is 3.21. The van der Waals surface area contributed by atoms with E-state index in [0.717, 1.165) is 23.3 Å². The first kappa shape index (κ1) is 14.0. The Labute approximate surface area is 133 Å². The van der Waals surface area contributed by atoms with Gasteiger partial charge in [0.2, 0.25) is 0 Å². The minimum atomic E-state index is 0.795. The lowest BCUT2D eigenvalue weighted by Gasteiger charge is -2.33. The Morgan fingerprint density at radius 2 is 2.00 bits per heavy atom. The lowest BCUT2D eigenvalue weighted by Crippen LogP contribution is -2.25. The lowest BCUT2D eigenvalue weighted by atomic mass is 9.98. The molecule has 0 atom stereocenters. The molecule has 20 heavy (non-hydrogen) atoms. The molecule has 0 saturated heterocycles. The number of fused-ring (bicyclic) bond motifs is 1. The molecular formula is C17H17BrClN. The van der Waals surface area contributed by atoms with Crippen LogP contribution >= 0.6 is 27.5 Å². The van der Waals surface area contributed by atoms with E-state index in [9.17, 15) is 0 Å². The molecule has 0 saturated carbocycles. The molecule has 0 spiro atoms. The Bertz CT molecular complexity index is 639. The van der Waals surface area contributed by atoms with E-state index in [1.807, 2.05) is 6.07 Å². The smallest absolute Gasteiger partial charge is 0.0466 e. The lowest BCUT2D eigenvalue weighted by molar-refractivity contribution is 0.764. The third-order valence-electron chi connectivity index (χ3n) is 3.84. The molecule has 0 bridgehead atoms. The molecule has 0 fully saturated rings. The number of anilines is 2. The summed E-state index contributed by atoms with van der Waals surface area (Å²) in [7, 11) is 0. The number of nitrogens with zero attached hydrogens (tertiary/aromatic N) is 1. The molecule has 0 radical (unpaired) electrons. The van der Waals surface area contributed by atoms with E-state index in [0.29, 0.717) is 0 Å². The van der Waals surface area contributed by atoms with Gasteiger partial charge < -0.3 is 4.90 Å². The maximum absolute atomic E-state index is 6.20. The zero-order chi connectivity index (χ0) is 14.1. The van der Waals surface area contributed by atoms with Gasteiger partial charge in [0.1, 0.15) is 0 Å². The van der Waals surface area contributed by atoms with Crippen LogP contribution in [0.25, 0.3) is 0 Å². The van der Waals surface area contributed by atoms with Crippen molar-refractivity contribution in [1.82, 2.24) is 0 Å². The molecule has 3 heteroatoms. The molecule has 1 aliphatic rings. The van der Waals surface area contributed by atoms with Crippen LogP contribution in [0.5, 0.6) is 0 Å². The number of hydrogen-bond donors (Lipinski definition) is 0. The molecular weight excluding hydrogens is 334 g/mol. The van der Waals surface area contributed by atoms with Crippen LogP contribution in [0.1, 0.15) is 23.1 Å². The van der Waals surface area contributed by atoms with Gasteiger partial charge in [-0.25, -0.2) is 0 Å². The Hall–Kier alpha value is -0.990. The highest BCUT2D eigenvalue weighted by Crippen LogP contribution is 2.37. The van der Waals surface area contributed by atoms with E-state index < -0.39 is 0 Å². The van der Waals surface area contributed by atoms with Gasteiger partial charge in [0, 0.05) is 28.3 Å². The van der Waals surface area contributed by atoms with Crippen LogP contribution in [0, 0.1) is 6.92 Å². The van der Waals surface area contributed by atoms with E-state index >= 15 is 0 Å². The molecule has 0 amide bonds. The highest BCUT2D eigenvalue weighted by molar-refractivity contribution is 9.08. The molecule has 2 aromatic carbocycles. The summed E-state index contributed by atoms with van der Waals surface area (Å²) in [5.41, 5.74) is 6.60. The summed E-state index contributed by atoms with van der Waals surface area (Å²) < 4.78 is 0. The van der Waals surface area contributed by atoms with Crippen molar-refractivity contribution in [3.8, 4) is 0 Å². The van der Waals surface area contributed by atoms with Gasteiger partial charge in [0.05, 0.1) is 0 Å². The van der Waals surface area contributed by atoms with Gasteiger partial charge in [-0.2, -0.15) is 0 Å². The molecule has 1 nitrogen and oxygen atoms in total. The quantitative estimate of drug-likeness (QED) is 0.635. The zero-order valence-electron chi connectivity index (χ0n) is 11.5. The molecule has 1 aliphatic heterocycles. The van der Waals surface area contributed by atoms with Gasteiger partial charge in [-0.15, -0.1) is 0 Å². The number of rotatable bonds is 2. The Morgan fingerprint density at radius 1 is 1.15 bits per heavy atom. The van der Waals surface area contributed by atoms with Gasteiger partial charge >= 0.3 is 0 Å². The van der Waals surface area contributed by atoms with Crippen molar-refractivity contribution in [2.45, 2.75) is 25.1 Å². The van der Waals surface area contributed by atoms with Gasteiger partial charge in [0.15, 0.2) is 0 Å². The summed E-state index contributed by atoms with van der Waals surface area (Å²) in [4.78, 5) is 2.40. The largest absolute Gasteiger partial charge is 0.341 e. The standard InChI is InChI=1S/C17H17BrClN/c1-12-4-7-16-13(9-12)3-2-8-20(16)17-10-15(19)6-5-14(17)11-18/h4-7,9-10H,2-3,8,11H2,1H3. The minimum absolute atomic E-state index is 0.795. The molecule has 0 unspecified atom stereocenters. The first-order valence-corrected chi connectivity index (χ1v) is 8.40. The first-order chi connectivity index (χ1) is 9.69. The monoisotopic (exact) mass is 349 g/mol. The van der Waals surface area contributed by atoms with Gasteiger partial charge in [0.25, 0.3) is 0 Å². The molecule has 0 N–H and O–H groups in total.